The van der Waals surface area contributed by atoms with Crippen LogP contribution in [0, 0.1) is 28.6 Å². The van der Waals surface area contributed by atoms with Gasteiger partial charge in [-0.05, 0) is 73.5 Å². The molecule has 3 rings (SSSR count). The van der Waals surface area contributed by atoms with E-state index in [1.165, 1.54) is 32.1 Å². The Morgan fingerprint density at radius 1 is 0.941 bits per heavy atom. The Bertz CT molecular complexity index is 301. The fraction of sp³-hybridized carbons (Fsp3) is 1.00. The molecule has 0 radical (unpaired) electrons. The van der Waals surface area contributed by atoms with Crippen LogP contribution in [-0.4, -0.2) is 11.2 Å². The first-order chi connectivity index (χ1) is 7.95. The van der Waals surface area contributed by atoms with Crippen LogP contribution in [0.5, 0.6) is 0 Å². The van der Waals surface area contributed by atoms with Gasteiger partial charge in [-0.3, -0.25) is 0 Å². The lowest BCUT2D eigenvalue weighted by Crippen LogP contribution is -2.37. The molecule has 0 aromatic heterocycles. The van der Waals surface area contributed by atoms with Gasteiger partial charge in [-0.1, -0.05) is 20.8 Å². The van der Waals surface area contributed by atoms with Crippen LogP contribution >= 0.6 is 0 Å². The summed E-state index contributed by atoms with van der Waals surface area (Å²) in [5.74, 6) is 2.83. The third kappa shape index (κ3) is 1.54. The number of hydrogen-bond donors (Lipinski definition) is 1. The van der Waals surface area contributed by atoms with Crippen molar-refractivity contribution in [1.29, 1.82) is 0 Å². The van der Waals surface area contributed by atoms with E-state index in [-0.39, 0.29) is 6.10 Å². The van der Waals surface area contributed by atoms with Crippen molar-refractivity contribution in [2.45, 2.75) is 71.8 Å². The van der Waals surface area contributed by atoms with Crippen LogP contribution in [0.3, 0.4) is 0 Å². The van der Waals surface area contributed by atoms with Crippen LogP contribution < -0.4 is 0 Å². The van der Waals surface area contributed by atoms with Crippen molar-refractivity contribution < 1.29 is 5.11 Å². The molecule has 0 aliphatic heterocycles. The Kier molecular flexibility index (Phi) is 2.63. The van der Waals surface area contributed by atoms with E-state index in [1.54, 1.807) is 0 Å². The number of hydrogen-bond acceptors (Lipinski definition) is 1. The number of rotatable bonds is 1. The molecule has 0 spiro atoms. The minimum atomic E-state index is 0.00524. The average Bonchev–Trinajstić information content (AvgIpc) is 2.62. The summed E-state index contributed by atoms with van der Waals surface area (Å²) >= 11 is 0. The summed E-state index contributed by atoms with van der Waals surface area (Å²) < 4.78 is 0. The standard InChI is InChI=1S/C16H28O/c1-15(2)12-8-9-16(15,3)14(10-12)11-4-6-13(17)7-5-11/h11-14,17H,4-10H2,1-3H3/t11?,12?,13?,14-,16?/m1/s1. The van der Waals surface area contributed by atoms with Gasteiger partial charge < -0.3 is 5.11 Å². The second-order valence-electron chi connectivity index (χ2n) is 7.79. The average molecular weight is 236 g/mol. The van der Waals surface area contributed by atoms with Crippen LogP contribution in [-0.2, 0) is 0 Å². The van der Waals surface area contributed by atoms with Crippen LogP contribution in [0.25, 0.3) is 0 Å². The molecule has 0 saturated heterocycles. The van der Waals surface area contributed by atoms with Gasteiger partial charge in [0.1, 0.15) is 0 Å². The monoisotopic (exact) mass is 236 g/mol. The Balaban J connectivity index is 1.78. The van der Waals surface area contributed by atoms with E-state index in [1.807, 2.05) is 0 Å². The predicted molar refractivity (Wildman–Crippen MR) is 70.7 cm³/mol. The first kappa shape index (κ1) is 12.0. The lowest BCUT2D eigenvalue weighted by molar-refractivity contribution is 0.0265. The lowest BCUT2D eigenvalue weighted by Gasteiger charge is -2.44. The fourth-order valence-corrected chi connectivity index (χ4v) is 5.48. The molecule has 0 aromatic rings. The highest BCUT2D eigenvalue weighted by Gasteiger charge is 2.62. The summed E-state index contributed by atoms with van der Waals surface area (Å²) in [5.41, 5.74) is 1.15. The molecule has 98 valence electrons. The summed E-state index contributed by atoms with van der Waals surface area (Å²) in [7, 11) is 0. The summed E-state index contributed by atoms with van der Waals surface area (Å²) in [6.45, 7) is 7.60. The molecule has 2 bridgehead atoms. The van der Waals surface area contributed by atoms with Crippen molar-refractivity contribution in [3.63, 3.8) is 0 Å². The highest BCUT2D eigenvalue weighted by atomic mass is 16.3. The molecule has 3 atom stereocenters. The van der Waals surface area contributed by atoms with Gasteiger partial charge in [0.25, 0.3) is 0 Å². The Morgan fingerprint density at radius 2 is 1.59 bits per heavy atom. The molecular formula is C16H28O. The van der Waals surface area contributed by atoms with Crippen molar-refractivity contribution >= 4 is 0 Å². The molecule has 17 heavy (non-hydrogen) atoms. The summed E-state index contributed by atoms with van der Waals surface area (Å²) in [6.07, 6.45) is 9.08. The van der Waals surface area contributed by atoms with Crippen molar-refractivity contribution in [2.75, 3.05) is 0 Å². The minimum Gasteiger partial charge on any atom is -0.393 e. The topological polar surface area (TPSA) is 20.2 Å². The van der Waals surface area contributed by atoms with E-state index in [0.29, 0.717) is 10.8 Å². The SMILES string of the molecule is CC1(C)C2CCC1(C)[C@@H](C1CCC(O)CC1)C2. The van der Waals surface area contributed by atoms with E-state index < -0.39 is 0 Å². The number of aliphatic hydroxyl groups is 1. The van der Waals surface area contributed by atoms with E-state index in [4.69, 9.17) is 0 Å². The summed E-state index contributed by atoms with van der Waals surface area (Å²) in [4.78, 5) is 0. The van der Waals surface area contributed by atoms with Crippen molar-refractivity contribution in [2.24, 2.45) is 28.6 Å². The Morgan fingerprint density at radius 3 is 2.06 bits per heavy atom. The maximum absolute atomic E-state index is 9.67. The third-order valence-electron chi connectivity index (χ3n) is 7.17. The highest BCUT2D eigenvalue weighted by Crippen LogP contribution is 2.70. The van der Waals surface area contributed by atoms with E-state index in [2.05, 4.69) is 20.8 Å². The van der Waals surface area contributed by atoms with Gasteiger partial charge in [-0.25, -0.2) is 0 Å². The smallest absolute Gasteiger partial charge is 0.0540 e. The van der Waals surface area contributed by atoms with Crippen LogP contribution in [0.4, 0.5) is 0 Å². The summed E-state index contributed by atoms with van der Waals surface area (Å²) in [5, 5.41) is 9.67. The zero-order chi connectivity index (χ0) is 12.3. The third-order valence-corrected chi connectivity index (χ3v) is 7.17. The molecule has 2 unspecified atom stereocenters. The molecule has 0 heterocycles. The molecule has 0 amide bonds. The minimum absolute atomic E-state index is 0.00524. The molecule has 3 aliphatic carbocycles. The fourth-order valence-electron chi connectivity index (χ4n) is 5.48. The second kappa shape index (κ2) is 3.73. The van der Waals surface area contributed by atoms with Gasteiger partial charge in [0.05, 0.1) is 6.10 Å². The lowest BCUT2D eigenvalue weighted by atomic mass is 9.61. The first-order valence-corrected chi connectivity index (χ1v) is 7.63. The zero-order valence-electron chi connectivity index (χ0n) is 11.7. The largest absolute Gasteiger partial charge is 0.393 e. The molecule has 1 heteroatoms. The van der Waals surface area contributed by atoms with Gasteiger partial charge in [0, 0.05) is 0 Å². The van der Waals surface area contributed by atoms with E-state index >= 15 is 0 Å². The van der Waals surface area contributed by atoms with Crippen molar-refractivity contribution in [3.8, 4) is 0 Å². The Hall–Kier alpha value is -0.0400. The van der Waals surface area contributed by atoms with Gasteiger partial charge in [0.2, 0.25) is 0 Å². The van der Waals surface area contributed by atoms with Gasteiger partial charge in [-0.2, -0.15) is 0 Å². The van der Waals surface area contributed by atoms with Crippen LogP contribution in [0.2, 0.25) is 0 Å². The molecule has 1 N–H and O–H groups in total. The Labute approximate surface area is 106 Å². The molecule has 3 aliphatic rings. The highest BCUT2D eigenvalue weighted by molar-refractivity contribution is 5.11. The molecule has 0 aromatic carbocycles. The first-order valence-electron chi connectivity index (χ1n) is 7.63. The molecule has 1 nitrogen and oxygen atoms in total. The number of aliphatic hydroxyl groups excluding tert-OH is 1. The van der Waals surface area contributed by atoms with Crippen molar-refractivity contribution in [3.05, 3.63) is 0 Å². The maximum Gasteiger partial charge on any atom is 0.0540 e. The van der Waals surface area contributed by atoms with Gasteiger partial charge >= 0.3 is 0 Å². The summed E-state index contributed by atoms with van der Waals surface area (Å²) in [6, 6.07) is 0. The van der Waals surface area contributed by atoms with E-state index in [0.717, 1.165) is 30.6 Å². The van der Waals surface area contributed by atoms with Crippen LogP contribution in [0.1, 0.15) is 65.7 Å². The van der Waals surface area contributed by atoms with Gasteiger partial charge in [0.15, 0.2) is 0 Å². The normalized spacial score (nSPS) is 52.9. The van der Waals surface area contributed by atoms with E-state index in [9.17, 15) is 5.11 Å². The zero-order valence-corrected chi connectivity index (χ0v) is 11.7. The molecule has 3 fully saturated rings. The second-order valence-corrected chi connectivity index (χ2v) is 7.79. The predicted octanol–water partition coefficient (Wildman–Crippen LogP) is 4.00. The molecular weight excluding hydrogens is 208 g/mol. The van der Waals surface area contributed by atoms with Crippen molar-refractivity contribution in [1.82, 2.24) is 0 Å². The molecule has 3 saturated carbocycles. The van der Waals surface area contributed by atoms with Crippen LogP contribution in [0.15, 0.2) is 0 Å². The quantitative estimate of drug-likeness (QED) is 0.729. The maximum atomic E-state index is 9.67. The van der Waals surface area contributed by atoms with Gasteiger partial charge in [-0.15, -0.1) is 0 Å². The number of fused-ring (bicyclic) bond motifs is 2.